The Balaban J connectivity index is 2.08. The van der Waals surface area contributed by atoms with E-state index in [2.05, 4.69) is 17.2 Å². The van der Waals surface area contributed by atoms with Crippen LogP contribution in [0.3, 0.4) is 0 Å². The first kappa shape index (κ1) is 27.1. The maximum absolute atomic E-state index is 13.5. The minimum atomic E-state index is -0.930. The van der Waals surface area contributed by atoms with Gasteiger partial charge in [0.2, 0.25) is 5.91 Å². The molecule has 8 nitrogen and oxygen atoms in total. The summed E-state index contributed by atoms with van der Waals surface area (Å²) in [4.78, 5) is 40.1. The van der Waals surface area contributed by atoms with Crippen molar-refractivity contribution in [3.8, 4) is 0 Å². The van der Waals surface area contributed by atoms with Crippen LogP contribution < -0.4 is 5.32 Å². The maximum atomic E-state index is 13.5. The molecule has 0 bridgehead atoms. The van der Waals surface area contributed by atoms with Crippen LogP contribution in [-0.4, -0.2) is 52.8 Å². The van der Waals surface area contributed by atoms with Gasteiger partial charge in [-0.05, 0) is 39.2 Å². The summed E-state index contributed by atoms with van der Waals surface area (Å²) in [6.07, 6.45) is 5.50. The molecule has 0 spiro atoms. The van der Waals surface area contributed by atoms with Gasteiger partial charge in [0.25, 0.3) is 0 Å². The van der Waals surface area contributed by atoms with Gasteiger partial charge in [-0.3, -0.25) is 14.4 Å². The maximum Gasteiger partial charge on any atom is 0.304 e. The molecule has 2 rings (SSSR count). The Morgan fingerprint density at radius 3 is 2.61 bits per heavy atom. The summed E-state index contributed by atoms with van der Waals surface area (Å²) in [7, 11) is 0. The number of hydrogen-bond donors (Lipinski definition) is 3. The van der Waals surface area contributed by atoms with Crippen molar-refractivity contribution in [2.45, 2.75) is 97.4 Å². The van der Waals surface area contributed by atoms with Gasteiger partial charge in [0.05, 0.1) is 13.0 Å². The van der Waals surface area contributed by atoms with E-state index in [0.717, 1.165) is 19.3 Å². The second-order valence-corrected chi connectivity index (χ2v) is 10.1. The van der Waals surface area contributed by atoms with Crippen LogP contribution in [0.5, 0.6) is 0 Å². The first-order valence-corrected chi connectivity index (χ1v) is 12.0. The van der Waals surface area contributed by atoms with Crippen LogP contribution in [0.1, 0.15) is 102 Å². The molecule has 0 aromatic carbocycles. The van der Waals surface area contributed by atoms with Gasteiger partial charge in [-0.15, -0.1) is 0 Å². The van der Waals surface area contributed by atoms with E-state index in [1.54, 1.807) is 26.1 Å². The van der Waals surface area contributed by atoms with Gasteiger partial charge in [-0.25, -0.2) is 0 Å². The number of carbonyl (C=O) groups is 3. The largest absolute Gasteiger partial charge is 0.481 e. The van der Waals surface area contributed by atoms with Crippen molar-refractivity contribution in [2.75, 3.05) is 13.2 Å². The third-order valence-corrected chi connectivity index (χ3v) is 6.07. The van der Waals surface area contributed by atoms with Crippen molar-refractivity contribution in [1.29, 1.82) is 0 Å². The highest BCUT2D eigenvalue weighted by Gasteiger charge is 2.46. The summed E-state index contributed by atoms with van der Waals surface area (Å²) >= 11 is 0. The molecular weight excluding hydrogens is 424 g/mol. The number of aliphatic carboxylic acids is 1. The highest BCUT2D eigenvalue weighted by molar-refractivity contribution is 6.01. The zero-order valence-electron chi connectivity index (χ0n) is 20.7. The number of H-pyrrole nitrogens is 1. The van der Waals surface area contributed by atoms with E-state index in [1.165, 1.54) is 0 Å². The second-order valence-electron chi connectivity index (χ2n) is 10.1. The molecule has 1 aromatic rings. The van der Waals surface area contributed by atoms with Gasteiger partial charge in [0.15, 0.2) is 11.6 Å². The molecule has 2 heterocycles. The van der Waals surface area contributed by atoms with E-state index < -0.39 is 23.3 Å². The van der Waals surface area contributed by atoms with Crippen molar-refractivity contribution in [2.24, 2.45) is 5.41 Å². The van der Waals surface area contributed by atoms with Crippen molar-refractivity contribution in [1.82, 2.24) is 10.3 Å². The third kappa shape index (κ3) is 7.96. The van der Waals surface area contributed by atoms with Crippen LogP contribution in [0.15, 0.2) is 12.3 Å². The highest BCUT2D eigenvalue weighted by Crippen LogP contribution is 2.38. The predicted molar refractivity (Wildman–Crippen MR) is 125 cm³/mol. The molecule has 8 heteroatoms. The number of rotatable bonds is 13. The molecule has 1 amide bonds. The average molecular weight is 465 g/mol. The Morgan fingerprint density at radius 1 is 1.21 bits per heavy atom. The number of unbranched alkanes of at least 4 members (excludes halogenated alkanes) is 2. The lowest BCUT2D eigenvalue weighted by Crippen LogP contribution is -2.53. The molecule has 2 atom stereocenters. The molecule has 3 N–H and O–H groups in total. The molecule has 1 aromatic heterocycles. The average Bonchev–Trinajstić information content (AvgIpc) is 3.21. The van der Waals surface area contributed by atoms with Crippen LogP contribution >= 0.6 is 0 Å². The fraction of sp³-hybridized carbons (Fsp3) is 0.720. The monoisotopic (exact) mass is 464 g/mol. The lowest BCUT2D eigenvalue weighted by Gasteiger charge is -2.45. The van der Waals surface area contributed by atoms with Gasteiger partial charge < -0.3 is 24.9 Å². The summed E-state index contributed by atoms with van der Waals surface area (Å²) in [6.45, 7) is 10.4. The van der Waals surface area contributed by atoms with Crippen molar-refractivity contribution < 1.29 is 29.0 Å². The summed E-state index contributed by atoms with van der Waals surface area (Å²) in [6, 6.07) is 1.70. The number of Topliss-reactive ketones (excluding diaryl/α,β-unsaturated/α-hetero) is 1. The normalized spacial score (nSPS) is 20.2. The minimum Gasteiger partial charge on any atom is -0.481 e. The number of hydrogen-bond acceptors (Lipinski definition) is 5. The third-order valence-electron chi connectivity index (χ3n) is 6.07. The number of amides is 1. The van der Waals surface area contributed by atoms with Gasteiger partial charge in [-0.1, -0.05) is 33.6 Å². The number of carboxylic acids is 1. The van der Waals surface area contributed by atoms with E-state index in [0.29, 0.717) is 43.7 Å². The van der Waals surface area contributed by atoms with Crippen LogP contribution in [0.4, 0.5) is 0 Å². The van der Waals surface area contributed by atoms with Gasteiger partial charge in [-0.2, -0.15) is 0 Å². The van der Waals surface area contributed by atoms with Crippen LogP contribution in [0.2, 0.25) is 0 Å². The molecule has 33 heavy (non-hydrogen) atoms. The first-order valence-electron chi connectivity index (χ1n) is 12.0. The Labute approximate surface area is 196 Å². The quantitative estimate of drug-likeness (QED) is 0.294. The number of ether oxygens (including phenoxy) is 2. The topological polar surface area (TPSA) is 118 Å². The molecule has 1 aliphatic heterocycles. The molecule has 186 valence electrons. The van der Waals surface area contributed by atoms with Crippen molar-refractivity contribution >= 4 is 17.7 Å². The van der Waals surface area contributed by atoms with Gasteiger partial charge >= 0.3 is 5.97 Å². The van der Waals surface area contributed by atoms with E-state index in [-0.39, 0.29) is 24.0 Å². The van der Waals surface area contributed by atoms with E-state index in [1.807, 2.05) is 13.8 Å². The Hall–Kier alpha value is -2.19. The predicted octanol–water partition coefficient (Wildman–Crippen LogP) is 4.41. The summed E-state index contributed by atoms with van der Waals surface area (Å²) in [5.41, 5.74) is 0.548. The summed E-state index contributed by atoms with van der Waals surface area (Å²) in [5.74, 6) is -2.32. The zero-order valence-corrected chi connectivity index (χ0v) is 20.7. The number of nitrogens with one attached hydrogen (secondary N) is 2. The number of aromatic nitrogens is 1. The van der Waals surface area contributed by atoms with E-state index in [9.17, 15) is 19.5 Å². The summed E-state index contributed by atoms with van der Waals surface area (Å²) in [5, 5.41) is 12.4. The van der Waals surface area contributed by atoms with Crippen LogP contribution in [0.25, 0.3) is 0 Å². The number of carboxylic acid groups (broad SMARTS) is 1. The standard InChI is InChI=1S/C25H40N2O6/c1-6-7-8-11-19(28)26-13-9-10-17(15-20(29)30)21-18(12-14-27-21)22(31)23-24(2,3)16-32-25(4,5)33-23/h12,14,17,23,27H,6-11,13,15-16H2,1-5H3,(H,26,28)(H,29,30). The van der Waals surface area contributed by atoms with Crippen molar-refractivity contribution in [3.05, 3.63) is 23.5 Å². The Bertz CT molecular complexity index is 814. The molecule has 2 unspecified atom stereocenters. The van der Waals surface area contributed by atoms with Gasteiger partial charge in [0, 0.05) is 41.8 Å². The van der Waals surface area contributed by atoms with Crippen LogP contribution in [0, 0.1) is 5.41 Å². The number of carbonyl (C=O) groups excluding carboxylic acids is 2. The van der Waals surface area contributed by atoms with Crippen LogP contribution in [-0.2, 0) is 19.1 Å². The zero-order chi connectivity index (χ0) is 24.6. The fourth-order valence-corrected chi connectivity index (χ4v) is 4.16. The lowest BCUT2D eigenvalue weighted by molar-refractivity contribution is -0.298. The first-order chi connectivity index (χ1) is 15.5. The smallest absolute Gasteiger partial charge is 0.304 e. The fourth-order valence-electron chi connectivity index (χ4n) is 4.16. The molecule has 0 radical (unpaired) electrons. The molecule has 1 fully saturated rings. The van der Waals surface area contributed by atoms with Crippen molar-refractivity contribution in [3.63, 3.8) is 0 Å². The molecule has 1 aliphatic rings. The second kappa shape index (κ2) is 11.8. The number of ketones is 1. The molecular formula is C25H40N2O6. The summed E-state index contributed by atoms with van der Waals surface area (Å²) < 4.78 is 11.7. The van der Waals surface area contributed by atoms with Gasteiger partial charge in [0.1, 0.15) is 6.10 Å². The molecule has 0 saturated carbocycles. The Morgan fingerprint density at radius 2 is 1.94 bits per heavy atom. The van der Waals surface area contributed by atoms with E-state index in [4.69, 9.17) is 9.47 Å². The SMILES string of the molecule is CCCCCC(=O)NCCCC(CC(=O)O)c1[nH]ccc1C(=O)C1OC(C)(C)OCC1(C)C. The molecule has 0 aliphatic carbocycles. The lowest BCUT2D eigenvalue weighted by atomic mass is 9.80. The molecule has 1 saturated heterocycles. The highest BCUT2D eigenvalue weighted by atomic mass is 16.7. The minimum absolute atomic E-state index is 0.0236. The number of aromatic amines is 1. The van der Waals surface area contributed by atoms with E-state index >= 15 is 0 Å². The Kier molecular flexibility index (Phi) is 9.67.